The first-order chi connectivity index (χ1) is 11.8. The van der Waals surface area contributed by atoms with Crippen LogP contribution in [-0.2, 0) is 0 Å². The minimum absolute atomic E-state index is 0. The fourth-order valence-electron chi connectivity index (χ4n) is 3.23. The van der Waals surface area contributed by atoms with E-state index in [0.29, 0.717) is 5.96 Å². The fourth-order valence-corrected chi connectivity index (χ4v) is 3.93. The molecule has 2 aliphatic rings. The molecule has 142 valence electrons. The topological polar surface area (TPSA) is 64.2 Å². The average Bonchev–Trinajstić information content (AvgIpc) is 3.17. The molecule has 1 aromatic rings. The summed E-state index contributed by atoms with van der Waals surface area (Å²) < 4.78 is 0. The molecule has 3 rings (SSSR count). The highest BCUT2D eigenvalue weighted by Gasteiger charge is 2.20. The van der Waals surface area contributed by atoms with E-state index in [1.54, 1.807) is 11.3 Å². The molecule has 0 radical (unpaired) electrons. The van der Waals surface area contributed by atoms with Gasteiger partial charge in [-0.25, -0.2) is 4.98 Å². The lowest BCUT2D eigenvalue weighted by Gasteiger charge is -2.35. The second-order valence-corrected chi connectivity index (χ2v) is 7.18. The molecule has 0 atom stereocenters. The van der Waals surface area contributed by atoms with Crippen molar-refractivity contribution in [3.63, 3.8) is 0 Å². The summed E-state index contributed by atoms with van der Waals surface area (Å²) in [5.74, 6) is 0.695. The highest BCUT2D eigenvalue weighted by molar-refractivity contribution is 14.0. The molecule has 7 nitrogen and oxygen atoms in total. The van der Waals surface area contributed by atoms with Crippen LogP contribution in [0.2, 0.25) is 0 Å². The number of anilines is 1. The molecule has 1 aromatic heterocycles. The molecule has 0 saturated carbocycles. The third-order valence-corrected chi connectivity index (χ3v) is 5.73. The number of likely N-dealkylation sites (N-methyl/N-ethyl adjacent to an activating group) is 1. The summed E-state index contributed by atoms with van der Waals surface area (Å²) in [7, 11) is 0. The number of aliphatic imine (C=N–C) groups is 1. The van der Waals surface area contributed by atoms with Crippen LogP contribution >= 0.6 is 35.3 Å². The second kappa shape index (κ2) is 10.5. The molecule has 0 spiro atoms. The molecule has 0 aromatic carbocycles. The fraction of sp³-hybridized carbons (Fsp3) is 0.750. The maximum atomic E-state index is 6.19. The summed E-state index contributed by atoms with van der Waals surface area (Å²) in [5, 5.41) is 3.13. The van der Waals surface area contributed by atoms with Crippen LogP contribution in [0.25, 0.3) is 0 Å². The Morgan fingerprint density at radius 3 is 2.40 bits per heavy atom. The molecular weight excluding hydrogens is 449 g/mol. The molecule has 2 fully saturated rings. The van der Waals surface area contributed by atoms with Gasteiger partial charge in [0.05, 0.1) is 6.54 Å². The summed E-state index contributed by atoms with van der Waals surface area (Å²) in [5.41, 5.74) is 6.19. The quantitative estimate of drug-likeness (QED) is 0.384. The summed E-state index contributed by atoms with van der Waals surface area (Å²) >= 11 is 1.70. The van der Waals surface area contributed by atoms with Gasteiger partial charge in [-0.3, -0.25) is 9.89 Å². The van der Waals surface area contributed by atoms with Crippen molar-refractivity contribution in [2.75, 3.05) is 76.9 Å². The first kappa shape index (κ1) is 20.7. The first-order valence-electron chi connectivity index (χ1n) is 8.90. The van der Waals surface area contributed by atoms with Gasteiger partial charge in [-0.1, -0.05) is 6.92 Å². The van der Waals surface area contributed by atoms with Crippen LogP contribution in [0.15, 0.2) is 16.6 Å². The van der Waals surface area contributed by atoms with Crippen molar-refractivity contribution in [2.24, 2.45) is 10.7 Å². The van der Waals surface area contributed by atoms with Crippen LogP contribution in [0.4, 0.5) is 5.13 Å². The Balaban J connectivity index is 0.00000225. The van der Waals surface area contributed by atoms with Crippen molar-refractivity contribution in [1.29, 1.82) is 0 Å². The minimum Gasteiger partial charge on any atom is -0.370 e. The maximum Gasteiger partial charge on any atom is 0.191 e. The van der Waals surface area contributed by atoms with Crippen LogP contribution in [0.5, 0.6) is 0 Å². The molecule has 3 heterocycles. The smallest absolute Gasteiger partial charge is 0.191 e. The number of aromatic nitrogens is 1. The van der Waals surface area contributed by atoms with Crippen LogP contribution < -0.4 is 10.6 Å². The molecule has 2 saturated heterocycles. The Hall–Kier alpha value is -0.650. The third-order valence-electron chi connectivity index (χ3n) is 4.90. The summed E-state index contributed by atoms with van der Waals surface area (Å²) in [6.07, 6.45) is 1.86. The van der Waals surface area contributed by atoms with Crippen molar-refractivity contribution >= 4 is 46.4 Å². The lowest BCUT2D eigenvalue weighted by atomic mass is 10.3. The Morgan fingerprint density at radius 2 is 1.80 bits per heavy atom. The molecule has 0 amide bonds. The van der Waals surface area contributed by atoms with Crippen LogP contribution in [0, 0.1) is 0 Å². The molecule has 9 heteroatoms. The minimum atomic E-state index is 0. The van der Waals surface area contributed by atoms with Crippen LogP contribution in [0.1, 0.15) is 6.92 Å². The van der Waals surface area contributed by atoms with Crippen molar-refractivity contribution < 1.29 is 0 Å². The number of nitrogens with two attached hydrogens (primary N) is 1. The van der Waals surface area contributed by atoms with Gasteiger partial charge in [0.25, 0.3) is 0 Å². The van der Waals surface area contributed by atoms with E-state index in [1.807, 2.05) is 11.6 Å². The third kappa shape index (κ3) is 5.93. The lowest BCUT2D eigenvalue weighted by Crippen LogP contribution is -2.51. The van der Waals surface area contributed by atoms with E-state index in [4.69, 9.17) is 5.73 Å². The van der Waals surface area contributed by atoms with Crippen molar-refractivity contribution in [2.45, 2.75) is 6.92 Å². The maximum absolute atomic E-state index is 6.19. The van der Waals surface area contributed by atoms with E-state index >= 15 is 0 Å². The van der Waals surface area contributed by atoms with Crippen LogP contribution in [-0.4, -0.2) is 97.6 Å². The molecule has 2 N–H and O–H groups in total. The van der Waals surface area contributed by atoms with E-state index in [0.717, 1.165) is 64.0 Å². The highest BCUT2D eigenvalue weighted by Crippen LogP contribution is 2.18. The number of guanidine groups is 1. The second-order valence-electron chi connectivity index (χ2n) is 6.30. The van der Waals surface area contributed by atoms with Gasteiger partial charge in [0.2, 0.25) is 0 Å². The number of thiazole rings is 1. The summed E-state index contributed by atoms with van der Waals surface area (Å²) in [4.78, 5) is 18.5. The van der Waals surface area contributed by atoms with Gasteiger partial charge in [0, 0.05) is 70.5 Å². The number of piperazine rings is 2. The van der Waals surface area contributed by atoms with Gasteiger partial charge < -0.3 is 20.4 Å². The molecule has 0 bridgehead atoms. The number of halogens is 1. The number of rotatable bonds is 5. The molecular formula is C16H30IN7S. The van der Waals surface area contributed by atoms with Crippen molar-refractivity contribution in [3.05, 3.63) is 11.6 Å². The summed E-state index contributed by atoms with van der Waals surface area (Å²) in [6, 6.07) is 0. The van der Waals surface area contributed by atoms with Crippen molar-refractivity contribution in [3.8, 4) is 0 Å². The Labute approximate surface area is 171 Å². The monoisotopic (exact) mass is 479 g/mol. The highest BCUT2D eigenvalue weighted by atomic mass is 127. The molecule has 0 aliphatic carbocycles. The largest absolute Gasteiger partial charge is 0.370 e. The van der Waals surface area contributed by atoms with Gasteiger partial charge in [-0.2, -0.15) is 0 Å². The Kier molecular flexibility index (Phi) is 8.67. The SMILES string of the molecule is CCN1CCN(CCN=C(N)N2CCN(c3nccs3)CC2)CC1.I. The standard InChI is InChI=1S/C16H29N7S.HI/c1-2-20-6-8-21(9-7-20)5-3-18-15(17)22-10-12-23(13-11-22)16-19-4-14-24-16;/h4,14H,2-3,5-13H2,1H3,(H2,17,18);1H. The number of hydrogen-bond acceptors (Lipinski definition) is 6. The predicted octanol–water partition coefficient (Wildman–Crippen LogP) is 0.835. The zero-order chi connectivity index (χ0) is 16.8. The van der Waals surface area contributed by atoms with E-state index in [-0.39, 0.29) is 24.0 Å². The van der Waals surface area contributed by atoms with E-state index in [9.17, 15) is 0 Å². The van der Waals surface area contributed by atoms with Gasteiger partial charge in [-0.05, 0) is 6.54 Å². The predicted molar refractivity (Wildman–Crippen MR) is 116 cm³/mol. The Morgan fingerprint density at radius 1 is 1.12 bits per heavy atom. The van der Waals surface area contributed by atoms with E-state index < -0.39 is 0 Å². The molecule has 2 aliphatic heterocycles. The number of hydrogen-bond donors (Lipinski definition) is 1. The van der Waals surface area contributed by atoms with Crippen molar-refractivity contribution in [1.82, 2.24) is 19.7 Å². The first-order valence-corrected chi connectivity index (χ1v) is 9.78. The number of nitrogens with zero attached hydrogens (tertiary/aromatic N) is 6. The van der Waals surface area contributed by atoms with Gasteiger partial charge >= 0.3 is 0 Å². The van der Waals surface area contributed by atoms with Gasteiger partial charge in [0.1, 0.15) is 0 Å². The van der Waals surface area contributed by atoms with Crippen LogP contribution in [0.3, 0.4) is 0 Å². The zero-order valence-electron chi connectivity index (χ0n) is 15.0. The average molecular weight is 479 g/mol. The Bertz CT molecular complexity index is 509. The van der Waals surface area contributed by atoms with Gasteiger partial charge in [-0.15, -0.1) is 35.3 Å². The van der Waals surface area contributed by atoms with E-state index in [2.05, 4.69) is 36.5 Å². The zero-order valence-corrected chi connectivity index (χ0v) is 18.2. The van der Waals surface area contributed by atoms with Gasteiger partial charge in [0.15, 0.2) is 11.1 Å². The lowest BCUT2D eigenvalue weighted by molar-refractivity contribution is 0.140. The summed E-state index contributed by atoms with van der Waals surface area (Å²) in [6.45, 7) is 13.6. The normalized spacial score (nSPS) is 20.6. The molecule has 25 heavy (non-hydrogen) atoms. The molecule has 0 unspecified atom stereocenters. The van der Waals surface area contributed by atoms with E-state index in [1.165, 1.54) is 13.1 Å².